The number of amides is 1. The van der Waals surface area contributed by atoms with E-state index in [1.165, 1.54) is 11.3 Å². The lowest BCUT2D eigenvalue weighted by atomic mass is 10.1. The molecule has 80 valence electrons. The summed E-state index contributed by atoms with van der Waals surface area (Å²) >= 11 is 1.37. The number of hydrogen-bond acceptors (Lipinski definition) is 4. The van der Waals surface area contributed by atoms with Crippen LogP contribution in [0.3, 0.4) is 0 Å². The minimum absolute atomic E-state index is 0.0350. The standard InChI is InChI=1S/C10H13N3OS/c1-6(2)8-9(15-7(3)13-8)10(14)12-5-4-11/h6H,5H2,1-3H3,(H,12,14). The van der Waals surface area contributed by atoms with Gasteiger partial charge in [0.05, 0.1) is 16.8 Å². The van der Waals surface area contributed by atoms with Gasteiger partial charge in [0.2, 0.25) is 0 Å². The van der Waals surface area contributed by atoms with Gasteiger partial charge in [-0.3, -0.25) is 4.79 Å². The quantitative estimate of drug-likeness (QED) is 0.795. The fourth-order valence-electron chi connectivity index (χ4n) is 1.20. The van der Waals surface area contributed by atoms with Gasteiger partial charge in [0.15, 0.2) is 0 Å². The summed E-state index contributed by atoms with van der Waals surface area (Å²) in [5, 5.41) is 11.8. The van der Waals surface area contributed by atoms with E-state index >= 15 is 0 Å². The number of rotatable bonds is 3. The van der Waals surface area contributed by atoms with Gasteiger partial charge in [-0.25, -0.2) is 4.98 Å². The molecular formula is C10H13N3OS. The predicted molar refractivity (Wildman–Crippen MR) is 58.9 cm³/mol. The van der Waals surface area contributed by atoms with Crippen molar-refractivity contribution < 1.29 is 4.79 Å². The zero-order valence-corrected chi connectivity index (χ0v) is 9.81. The first kappa shape index (κ1) is 11.7. The molecule has 0 aromatic carbocycles. The maximum Gasteiger partial charge on any atom is 0.264 e. The molecule has 0 unspecified atom stereocenters. The van der Waals surface area contributed by atoms with E-state index in [4.69, 9.17) is 5.26 Å². The van der Waals surface area contributed by atoms with Crippen LogP contribution in [0.25, 0.3) is 0 Å². The van der Waals surface area contributed by atoms with E-state index in [9.17, 15) is 4.79 Å². The number of hydrogen-bond donors (Lipinski definition) is 1. The number of nitriles is 1. The van der Waals surface area contributed by atoms with Crippen molar-refractivity contribution in [1.29, 1.82) is 5.26 Å². The Labute approximate surface area is 92.9 Å². The van der Waals surface area contributed by atoms with Crippen LogP contribution >= 0.6 is 11.3 Å². The Balaban J connectivity index is 2.93. The van der Waals surface area contributed by atoms with Crippen molar-refractivity contribution in [3.05, 3.63) is 15.6 Å². The summed E-state index contributed by atoms with van der Waals surface area (Å²) in [6.07, 6.45) is 0. The predicted octanol–water partition coefficient (Wildman–Crippen LogP) is 1.83. The maximum absolute atomic E-state index is 11.7. The van der Waals surface area contributed by atoms with E-state index in [-0.39, 0.29) is 18.4 Å². The summed E-state index contributed by atoms with van der Waals surface area (Å²) in [6.45, 7) is 5.90. The molecule has 0 aliphatic heterocycles. The van der Waals surface area contributed by atoms with Crippen LogP contribution < -0.4 is 5.32 Å². The van der Waals surface area contributed by atoms with Crippen LogP contribution in [0.4, 0.5) is 0 Å². The topological polar surface area (TPSA) is 65.8 Å². The summed E-state index contributed by atoms with van der Waals surface area (Å²) in [5.74, 6) is 0.0173. The van der Waals surface area contributed by atoms with Crippen molar-refractivity contribution in [1.82, 2.24) is 10.3 Å². The SMILES string of the molecule is Cc1nc(C(C)C)c(C(=O)NCC#N)s1. The van der Waals surface area contributed by atoms with Gasteiger partial charge in [-0.05, 0) is 12.8 Å². The van der Waals surface area contributed by atoms with Crippen molar-refractivity contribution in [2.24, 2.45) is 0 Å². The monoisotopic (exact) mass is 223 g/mol. The lowest BCUT2D eigenvalue weighted by molar-refractivity contribution is 0.0961. The Hall–Kier alpha value is -1.41. The van der Waals surface area contributed by atoms with Gasteiger partial charge in [0.1, 0.15) is 11.4 Å². The number of nitrogens with zero attached hydrogens (tertiary/aromatic N) is 2. The molecule has 1 heterocycles. The molecule has 4 nitrogen and oxygen atoms in total. The molecule has 1 aromatic rings. The molecule has 0 atom stereocenters. The fraction of sp³-hybridized carbons (Fsp3) is 0.500. The van der Waals surface area contributed by atoms with Crippen LogP contribution in [0.1, 0.15) is 40.1 Å². The van der Waals surface area contributed by atoms with Crippen LogP contribution in [-0.2, 0) is 0 Å². The lowest BCUT2D eigenvalue weighted by Gasteiger charge is -2.03. The summed E-state index contributed by atoms with van der Waals surface area (Å²) in [7, 11) is 0. The minimum atomic E-state index is -0.203. The number of carbonyl (C=O) groups is 1. The third-order valence-electron chi connectivity index (χ3n) is 1.84. The molecule has 1 amide bonds. The van der Waals surface area contributed by atoms with E-state index in [1.54, 1.807) is 0 Å². The number of nitrogens with one attached hydrogen (secondary N) is 1. The third-order valence-corrected chi connectivity index (χ3v) is 2.83. The molecule has 0 saturated heterocycles. The van der Waals surface area contributed by atoms with Gasteiger partial charge in [0.25, 0.3) is 5.91 Å². The van der Waals surface area contributed by atoms with E-state index in [0.717, 1.165) is 10.7 Å². The van der Waals surface area contributed by atoms with Crippen molar-refractivity contribution in [2.45, 2.75) is 26.7 Å². The van der Waals surface area contributed by atoms with Gasteiger partial charge in [-0.2, -0.15) is 5.26 Å². The molecule has 0 aliphatic carbocycles. The van der Waals surface area contributed by atoms with Gasteiger partial charge >= 0.3 is 0 Å². The second kappa shape index (κ2) is 4.89. The first-order valence-corrected chi connectivity index (χ1v) is 5.50. The van der Waals surface area contributed by atoms with Crippen molar-refractivity contribution in [3.8, 4) is 6.07 Å². The van der Waals surface area contributed by atoms with Crippen molar-refractivity contribution >= 4 is 17.2 Å². The second-order valence-electron chi connectivity index (χ2n) is 3.44. The molecule has 1 rings (SSSR count). The second-order valence-corrected chi connectivity index (χ2v) is 4.65. The summed E-state index contributed by atoms with van der Waals surface area (Å²) in [6, 6.07) is 1.88. The molecule has 15 heavy (non-hydrogen) atoms. The highest BCUT2D eigenvalue weighted by Gasteiger charge is 2.18. The zero-order chi connectivity index (χ0) is 11.4. The van der Waals surface area contributed by atoms with E-state index in [0.29, 0.717) is 4.88 Å². The molecule has 0 spiro atoms. The number of aromatic nitrogens is 1. The van der Waals surface area contributed by atoms with Crippen LogP contribution in [0.5, 0.6) is 0 Å². The maximum atomic E-state index is 11.7. The van der Waals surface area contributed by atoms with Crippen molar-refractivity contribution in [2.75, 3.05) is 6.54 Å². The molecule has 0 bridgehead atoms. The Bertz CT molecular complexity index is 403. The van der Waals surface area contributed by atoms with Crippen molar-refractivity contribution in [3.63, 3.8) is 0 Å². The lowest BCUT2D eigenvalue weighted by Crippen LogP contribution is -2.23. The molecular weight excluding hydrogens is 210 g/mol. The van der Waals surface area contributed by atoms with Crippen LogP contribution in [0, 0.1) is 18.3 Å². The molecule has 0 aliphatic rings. The normalized spacial score (nSPS) is 10.1. The van der Waals surface area contributed by atoms with Gasteiger partial charge in [-0.1, -0.05) is 13.8 Å². The molecule has 0 fully saturated rings. The smallest absolute Gasteiger partial charge is 0.264 e. The van der Waals surface area contributed by atoms with E-state index in [1.807, 2.05) is 26.8 Å². The minimum Gasteiger partial charge on any atom is -0.338 e. The Morgan fingerprint density at radius 2 is 2.33 bits per heavy atom. The number of aryl methyl sites for hydroxylation is 1. The molecule has 0 radical (unpaired) electrons. The zero-order valence-electron chi connectivity index (χ0n) is 9.00. The first-order valence-electron chi connectivity index (χ1n) is 4.68. The largest absolute Gasteiger partial charge is 0.338 e. The number of thiazole rings is 1. The van der Waals surface area contributed by atoms with Crippen LogP contribution in [-0.4, -0.2) is 17.4 Å². The molecule has 0 saturated carbocycles. The highest BCUT2D eigenvalue weighted by Crippen LogP contribution is 2.24. The molecule has 1 aromatic heterocycles. The van der Waals surface area contributed by atoms with Gasteiger partial charge in [-0.15, -0.1) is 11.3 Å². The first-order chi connectivity index (χ1) is 7.06. The Morgan fingerprint density at radius 3 is 2.87 bits per heavy atom. The van der Waals surface area contributed by atoms with E-state index < -0.39 is 0 Å². The average molecular weight is 223 g/mol. The highest BCUT2D eigenvalue weighted by atomic mass is 32.1. The molecule has 1 N–H and O–H groups in total. The van der Waals surface area contributed by atoms with Crippen LogP contribution in [0.15, 0.2) is 0 Å². The summed E-state index contributed by atoms with van der Waals surface area (Å²) < 4.78 is 0. The third kappa shape index (κ3) is 2.77. The van der Waals surface area contributed by atoms with Gasteiger partial charge < -0.3 is 5.32 Å². The Kier molecular flexibility index (Phi) is 3.81. The summed E-state index contributed by atoms with van der Waals surface area (Å²) in [4.78, 5) is 16.6. The average Bonchev–Trinajstić information content (AvgIpc) is 2.57. The molecule has 5 heteroatoms. The van der Waals surface area contributed by atoms with E-state index in [2.05, 4.69) is 10.3 Å². The summed E-state index contributed by atoms with van der Waals surface area (Å²) in [5.41, 5.74) is 0.813. The fourth-order valence-corrected chi connectivity index (χ4v) is 2.19. The number of carbonyl (C=O) groups excluding carboxylic acids is 1. The van der Waals surface area contributed by atoms with Gasteiger partial charge in [0, 0.05) is 0 Å². The Morgan fingerprint density at radius 1 is 1.67 bits per heavy atom. The van der Waals surface area contributed by atoms with Crippen LogP contribution in [0.2, 0.25) is 0 Å². The highest BCUT2D eigenvalue weighted by molar-refractivity contribution is 7.13.